The Morgan fingerprint density at radius 3 is 2.60 bits per heavy atom. The van der Waals surface area contributed by atoms with Gasteiger partial charge in [0.15, 0.2) is 17.5 Å². The molecule has 170 valence electrons. The summed E-state index contributed by atoms with van der Waals surface area (Å²) in [5.74, 6) is 0.441. The second kappa shape index (κ2) is 14.4. The molecule has 30 heavy (non-hydrogen) atoms. The van der Waals surface area contributed by atoms with E-state index in [9.17, 15) is 13.6 Å². The van der Waals surface area contributed by atoms with E-state index in [0.29, 0.717) is 37.9 Å². The van der Waals surface area contributed by atoms with Gasteiger partial charge in [-0.2, -0.15) is 8.78 Å². The van der Waals surface area contributed by atoms with Gasteiger partial charge in [0.2, 0.25) is 5.91 Å². The summed E-state index contributed by atoms with van der Waals surface area (Å²) in [6.07, 6.45) is 0.746. The molecule has 0 unspecified atom stereocenters. The van der Waals surface area contributed by atoms with E-state index in [0.717, 1.165) is 6.42 Å². The molecule has 0 saturated carbocycles. The van der Waals surface area contributed by atoms with Crippen LogP contribution in [0, 0.1) is 0 Å². The SMILES string of the molecule is CCOCCCNC(=NCc1cccc(OCC)c1OC(F)F)NCC(=O)N(C)C. The predicted octanol–water partition coefficient (Wildman–Crippen LogP) is 2.24. The first-order chi connectivity index (χ1) is 14.4. The third-order valence-electron chi connectivity index (χ3n) is 3.84. The Morgan fingerprint density at radius 1 is 1.20 bits per heavy atom. The topological polar surface area (TPSA) is 84.4 Å². The third kappa shape index (κ3) is 9.73. The molecule has 0 saturated heterocycles. The number of hydrogen-bond acceptors (Lipinski definition) is 5. The van der Waals surface area contributed by atoms with Crippen molar-refractivity contribution in [3.05, 3.63) is 23.8 Å². The molecule has 8 nitrogen and oxygen atoms in total. The van der Waals surface area contributed by atoms with Crippen LogP contribution in [0.5, 0.6) is 11.5 Å². The quantitative estimate of drug-likeness (QED) is 0.284. The van der Waals surface area contributed by atoms with Crippen molar-refractivity contribution in [1.29, 1.82) is 0 Å². The molecule has 0 spiro atoms. The van der Waals surface area contributed by atoms with Crippen molar-refractivity contribution in [3.8, 4) is 11.5 Å². The lowest BCUT2D eigenvalue weighted by Gasteiger charge is -2.16. The van der Waals surface area contributed by atoms with Crippen LogP contribution in [-0.4, -0.2) is 70.4 Å². The van der Waals surface area contributed by atoms with E-state index in [2.05, 4.69) is 20.4 Å². The van der Waals surface area contributed by atoms with E-state index < -0.39 is 6.61 Å². The van der Waals surface area contributed by atoms with Crippen molar-refractivity contribution in [2.24, 2.45) is 4.99 Å². The second-order valence-electron chi connectivity index (χ2n) is 6.34. The highest BCUT2D eigenvalue weighted by atomic mass is 19.3. The number of benzene rings is 1. The summed E-state index contributed by atoms with van der Waals surface area (Å²) in [4.78, 5) is 17.7. The van der Waals surface area contributed by atoms with E-state index in [1.165, 1.54) is 4.90 Å². The number of para-hydroxylation sites is 1. The van der Waals surface area contributed by atoms with Gasteiger partial charge in [-0.1, -0.05) is 12.1 Å². The zero-order chi connectivity index (χ0) is 22.4. The van der Waals surface area contributed by atoms with Gasteiger partial charge in [-0.05, 0) is 26.3 Å². The van der Waals surface area contributed by atoms with E-state index >= 15 is 0 Å². The number of aliphatic imine (C=N–C) groups is 1. The fourth-order valence-electron chi connectivity index (χ4n) is 2.36. The minimum atomic E-state index is -2.98. The minimum absolute atomic E-state index is 0.0434. The number of halogens is 2. The van der Waals surface area contributed by atoms with Crippen LogP contribution in [0.15, 0.2) is 23.2 Å². The van der Waals surface area contributed by atoms with Crippen molar-refractivity contribution in [1.82, 2.24) is 15.5 Å². The first kappa shape index (κ1) is 25.4. The molecule has 0 radical (unpaired) electrons. The predicted molar refractivity (Wildman–Crippen MR) is 111 cm³/mol. The summed E-state index contributed by atoms with van der Waals surface area (Å²) in [5, 5.41) is 6.06. The lowest BCUT2D eigenvalue weighted by Crippen LogP contribution is -2.43. The van der Waals surface area contributed by atoms with Gasteiger partial charge in [0.05, 0.1) is 19.7 Å². The molecule has 0 heterocycles. The summed E-state index contributed by atoms with van der Waals surface area (Å²) in [7, 11) is 3.31. The number of nitrogens with one attached hydrogen (secondary N) is 2. The summed E-state index contributed by atoms with van der Waals surface area (Å²) in [6.45, 7) is 2.91. The molecule has 1 amide bonds. The first-order valence-electron chi connectivity index (χ1n) is 9.88. The molecule has 10 heteroatoms. The maximum atomic E-state index is 12.9. The number of carbonyl (C=O) groups is 1. The summed E-state index contributed by atoms with van der Waals surface area (Å²) < 4.78 is 41.1. The van der Waals surface area contributed by atoms with Crippen LogP contribution >= 0.6 is 0 Å². The van der Waals surface area contributed by atoms with Gasteiger partial charge >= 0.3 is 6.61 Å². The monoisotopic (exact) mass is 430 g/mol. The molecule has 1 rings (SSSR count). The van der Waals surface area contributed by atoms with Crippen molar-refractivity contribution in [2.75, 3.05) is 47.0 Å². The number of alkyl halides is 2. The van der Waals surface area contributed by atoms with E-state index in [-0.39, 0.29) is 30.5 Å². The first-order valence-corrected chi connectivity index (χ1v) is 9.88. The Kier molecular flexibility index (Phi) is 12.2. The summed E-state index contributed by atoms with van der Waals surface area (Å²) >= 11 is 0. The lowest BCUT2D eigenvalue weighted by atomic mass is 10.2. The van der Waals surface area contributed by atoms with Crippen LogP contribution in [-0.2, 0) is 16.1 Å². The number of carbonyl (C=O) groups excluding carboxylic acids is 1. The van der Waals surface area contributed by atoms with Crippen molar-refractivity contribution < 1.29 is 27.8 Å². The molecule has 0 aliphatic heterocycles. The fourth-order valence-corrected chi connectivity index (χ4v) is 2.36. The zero-order valence-corrected chi connectivity index (χ0v) is 18.0. The van der Waals surface area contributed by atoms with E-state index in [4.69, 9.17) is 9.47 Å². The smallest absolute Gasteiger partial charge is 0.387 e. The zero-order valence-electron chi connectivity index (χ0n) is 18.0. The average Bonchev–Trinajstić information content (AvgIpc) is 2.70. The average molecular weight is 430 g/mol. The number of nitrogens with zero attached hydrogens (tertiary/aromatic N) is 2. The molecule has 2 N–H and O–H groups in total. The number of amides is 1. The molecular formula is C20H32F2N4O4. The van der Waals surface area contributed by atoms with Crippen molar-refractivity contribution in [2.45, 2.75) is 33.4 Å². The molecule has 0 fully saturated rings. The van der Waals surface area contributed by atoms with E-state index in [1.807, 2.05) is 6.92 Å². The second-order valence-corrected chi connectivity index (χ2v) is 6.34. The number of hydrogen-bond donors (Lipinski definition) is 2. The largest absolute Gasteiger partial charge is 0.490 e. The van der Waals surface area contributed by atoms with Gasteiger partial charge < -0.3 is 29.7 Å². The maximum absolute atomic E-state index is 12.9. The van der Waals surface area contributed by atoms with Crippen LogP contribution < -0.4 is 20.1 Å². The highest BCUT2D eigenvalue weighted by Gasteiger charge is 2.16. The minimum Gasteiger partial charge on any atom is -0.490 e. The van der Waals surface area contributed by atoms with Crippen LogP contribution in [0.4, 0.5) is 8.78 Å². The Labute approximate surface area is 176 Å². The van der Waals surface area contributed by atoms with Gasteiger partial charge in [-0.25, -0.2) is 4.99 Å². The summed E-state index contributed by atoms with van der Waals surface area (Å²) in [6, 6.07) is 4.89. The van der Waals surface area contributed by atoms with Gasteiger partial charge in [0.1, 0.15) is 0 Å². The summed E-state index contributed by atoms with van der Waals surface area (Å²) in [5.41, 5.74) is 0.440. The molecule has 1 aromatic rings. The van der Waals surface area contributed by atoms with Crippen LogP contribution in [0.25, 0.3) is 0 Å². The number of rotatable bonds is 13. The van der Waals surface area contributed by atoms with Gasteiger partial charge in [0, 0.05) is 39.4 Å². The molecule has 1 aromatic carbocycles. The van der Waals surface area contributed by atoms with Crippen LogP contribution in [0.1, 0.15) is 25.8 Å². The molecule has 0 aliphatic carbocycles. The molecular weight excluding hydrogens is 398 g/mol. The van der Waals surface area contributed by atoms with Crippen LogP contribution in [0.3, 0.4) is 0 Å². The Hall–Kier alpha value is -2.62. The van der Waals surface area contributed by atoms with E-state index in [1.54, 1.807) is 39.2 Å². The lowest BCUT2D eigenvalue weighted by molar-refractivity contribution is -0.127. The molecule has 0 aromatic heterocycles. The third-order valence-corrected chi connectivity index (χ3v) is 3.84. The Bertz CT molecular complexity index is 672. The highest BCUT2D eigenvalue weighted by Crippen LogP contribution is 2.33. The van der Waals surface area contributed by atoms with Gasteiger partial charge in [-0.15, -0.1) is 0 Å². The molecule has 0 bridgehead atoms. The fraction of sp³-hybridized carbons (Fsp3) is 0.600. The Morgan fingerprint density at radius 2 is 1.97 bits per heavy atom. The highest BCUT2D eigenvalue weighted by molar-refractivity contribution is 5.86. The Balaban J connectivity index is 2.93. The molecule has 0 atom stereocenters. The number of likely N-dealkylation sites (N-methyl/N-ethyl adjacent to an activating group) is 1. The number of guanidine groups is 1. The van der Waals surface area contributed by atoms with Gasteiger partial charge in [0.25, 0.3) is 0 Å². The molecule has 0 aliphatic rings. The van der Waals surface area contributed by atoms with Crippen molar-refractivity contribution in [3.63, 3.8) is 0 Å². The van der Waals surface area contributed by atoms with Gasteiger partial charge in [-0.3, -0.25) is 4.79 Å². The number of ether oxygens (including phenoxy) is 3. The normalized spacial score (nSPS) is 11.4. The maximum Gasteiger partial charge on any atom is 0.387 e. The van der Waals surface area contributed by atoms with Crippen LogP contribution in [0.2, 0.25) is 0 Å². The van der Waals surface area contributed by atoms with Crippen molar-refractivity contribution >= 4 is 11.9 Å². The standard InChI is InChI=1S/C20H32F2N4O4/c1-5-28-12-8-11-23-20(25-14-17(27)26(3)4)24-13-15-9-7-10-16(29-6-2)18(15)30-19(21)22/h7,9-10,19H,5-6,8,11-14H2,1-4H3,(H2,23,24,25).